The number of nitrogens with one attached hydrogen (secondary N) is 2. The van der Waals surface area contributed by atoms with E-state index in [1.807, 2.05) is 44.3 Å². The van der Waals surface area contributed by atoms with Crippen molar-refractivity contribution in [3.8, 4) is 5.75 Å². The van der Waals surface area contributed by atoms with E-state index < -0.39 is 12.2 Å². The molecule has 23 heavy (non-hydrogen) atoms. The summed E-state index contributed by atoms with van der Waals surface area (Å²) in [5.41, 5.74) is 1.04. The van der Waals surface area contributed by atoms with Crippen LogP contribution in [0.5, 0.6) is 5.75 Å². The normalized spacial score (nSPS) is 13.5. The second-order valence-electron chi connectivity index (χ2n) is 5.75. The maximum absolute atomic E-state index is 9.79. The van der Waals surface area contributed by atoms with Gasteiger partial charge in [-0.3, -0.25) is 0 Å². The van der Waals surface area contributed by atoms with Crippen molar-refractivity contribution in [2.75, 3.05) is 19.8 Å². The first kappa shape index (κ1) is 19.4. The van der Waals surface area contributed by atoms with Gasteiger partial charge in [0, 0.05) is 29.7 Å². The average molecular weight is 324 g/mol. The zero-order valence-electron chi connectivity index (χ0n) is 14.0. The Hall–Kier alpha value is -1.60. The Morgan fingerprint density at radius 1 is 1.17 bits per heavy atom. The molecule has 2 aromatic rings. The van der Waals surface area contributed by atoms with Crippen molar-refractivity contribution in [2.24, 2.45) is 0 Å². The van der Waals surface area contributed by atoms with Crippen LogP contribution in [0.25, 0.3) is 10.9 Å². The molecule has 0 spiro atoms. The van der Waals surface area contributed by atoms with Crippen molar-refractivity contribution >= 4 is 10.9 Å². The smallest absolute Gasteiger partial charge is 0.128 e. The Bertz CT molecular complexity index is 554. The summed E-state index contributed by atoms with van der Waals surface area (Å²) in [5.74, 6) is 0.803. The highest BCUT2D eigenvalue weighted by Crippen LogP contribution is 2.24. The van der Waals surface area contributed by atoms with Gasteiger partial charge in [-0.15, -0.1) is 0 Å². The first-order valence-corrected chi connectivity index (χ1v) is 7.83. The summed E-state index contributed by atoms with van der Waals surface area (Å²) >= 11 is 0. The molecule has 0 aliphatic heterocycles. The first-order chi connectivity index (χ1) is 10.9. The van der Waals surface area contributed by atoms with Crippen molar-refractivity contribution < 1.29 is 20.1 Å². The topological polar surface area (TPSA) is 97.7 Å². The zero-order valence-corrected chi connectivity index (χ0v) is 14.0. The predicted molar refractivity (Wildman–Crippen MR) is 91.7 cm³/mol. The van der Waals surface area contributed by atoms with E-state index in [1.165, 1.54) is 6.92 Å². The number of benzene rings is 1. The SMILES string of the molecule is CC(C)NCC(O)COc1cccc2[nH]ccc12.CC(O)CO. The quantitative estimate of drug-likeness (QED) is 0.528. The maximum Gasteiger partial charge on any atom is 0.128 e. The van der Waals surface area contributed by atoms with Gasteiger partial charge in [-0.25, -0.2) is 0 Å². The van der Waals surface area contributed by atoms with Gasteiger partial charge < -0.3 is 30.4 Å². The van der Waals surface area contributed by atoms with Gasteiger partial charge in [-0.1, -0.05) is 19.9 Å². The molecule has 0 amide bonds. The number of hydrogen-bond donors (Lipinski definition) is 5. The number of hydrogen-bond acceptors (Lipinski definition) is 5. The molecule has 1 heterocycles. The average Bonchev–Trinajstić information content (AvgIpc) is 3.00. The summed E-state index contributed by atoms with van der Waals surface area (Å²) in [5, 5.41) is 30.0. The van der Waals surface area contributed by atoms with Crippen LogP contribution in [0.15, 0.2) is 30.5 Å². The maximum atomic E-state index is 9.79. The van der Waals surface area contributed by atoms with Crippen LogP contribution >= 0.6 is 0 Å². The number of aliphatic hydroxyl groups is 3. The minimum absolute atomic E-state index is 0.139. The van der Waals surface area contributed by atoms with E-state index >= 15 is 0 Å². The predicted octanol–water partition coefficient (Wildman–Crippen LogP) is 1.27. The fraction of sp³-hybridized carbons (Fsp3) is 0.529. The van der Waals surface area contributed by atoms with Crippen LogP contribution in [0.3, 0.4) is 0 Å². The van der Waals surface area contributed by atoms with Crippen LogP contribution in [0.1, 0.15) is 20.8 Å². The number of rotatable bonds is 7. The number of aromatic nitrogens is 1. The van der Waals surface area contributed by atoms with Gasteiger partial charge in [0.1, 0.15) is 18.5 Å². The fourth-order valence-electron chi connectivity index (χ4n) is 1.80. The lowest BCUT2D eigenvalue weighted by atomic mass is 10.2. The monoisotopic (exact) mass is 324 g/mol. The molecule has 2 unspecified atom stereocenters. The standard InChI is InChI=1S/C14H20N2O2.C3H8O2/c1-10(2)16-8-11(17)9-18-14-5-3-4-13-12(14)6-7-15-13;1-3(5)2-4/h3-7,10-11,15-17H,8-9H2,1-2H3;3-5H,2H2,1H3. The van der Waals surface area contributed by atoms with Crippen LogP contribution < -0.4 is 10.1 Å². The van der Waals surface area contributed by atoms with E-state index in [-0.39, 0.29) is 6.61 Å². The lowest BCUT2D eigenvalue weighted by Crippen LogP contribution is -2.35. The summed E-state index contributed by atoms with van der Waals surface area (Å²) in [6.07, 6.45) is 0.825. The highest BCUT2D eigenvalue weighted by molar-refractivity contribution is 5.85. The largest absolute Gasteiger partial charge is 0.490 e. The molecule has 6 heteroatoms. The Morgan fingerprint density at radius 2 is 1.87 bits per heavy atom. The molecule has 0 saturated heterocycles. The highest BCUT2D eigenvalue weighted by Gasteiger charge is 2.08. The van der Waals surface area contributed by atoms with Gasteiger partial charge >= 0.3 is 0 Å². The van der Waals surface area contributed by atoms with Crippen molar-refractivity contribution in [2.45, 2.75) is 39.0 Å². The summed E-state index contributed by atoms with van der Waals surface area (Å²) in [6.45, 7) is 6.33. The van der Waals surface area contributed by atoms with E-state index in [0.717, 1.165) is 16.7 Å². The van der Waals surface area contributed by atoms with Crippen LogP contribution in [0.4, 0.5) is 0 Å². The number of aromatic amines is 1. The zero-order chi connectivity index (χ0) is 17.2. The number of ether oxygens (including phenoxy) is 1. The van der Waals surface area contributed by atoms with Gasteiger partial charge in [-0.2, -0.15) is 0 Å². The van der Waals surface area contributed by atoms with Gasteiger partial charge in [0.05, 0.1) is 12.7 Å². The third-order valence-electron chi connectivity index (χ3n) is 3.01. The second-order valence-corrected chi connectivity index (χ2v) is 5.75. The van der Waals surface area contributed by atoms with Gasteiger partial charge in [0.25, 0.3) is 0 Å². The highest BCUT2D eigenvalue weighted by atomic mass is 16.5. The van der Waals surface area contributed by atoms with E-state index in [9.17, 15) is 5.11 Å². The first-order valence-electron chi connectivity index (χ1n) is 7.83. The molecule has 0 fully saturated rings. The van der Waals surface area contributed by atoms with Gasteiger partial charge in [0.15, 0.2) is 0 Å². The molecular weight excluding hydrogens is 296 g/mol. The minimum Gasteiger partial charge on any atom is -0.490 e. The molecule has 5 N–H and O–H groups in total. The van der Waals surface area contributed by atoms with Crippen LogP contribution in [-0.2, 0) is 0 Å². The van der Waals surface area contributed by atoms with Crippen LogP contribution in [0.2, 0.25) is 0 Å². The molecule has 0 aliphatic rings. The van der Waals surface area contributed by atoms with E-state index in [1.54, 1.807) is 0 Å². The number of aliphatic hydroxyl groups excluding tert-OH is 3. The van der Waals surface area contributed by atoms with Crippen molar-refractivity contribution in [1.82, 2.24) is 10.3 Å². The number of H-pyrrole nitrogens is 1. The lowest BCUT2D eigenvalue weighted by Gasteiger charge is -2.15. The van der Waals surface area contributed by atoms with Gasteiger partial charge in [-0.05, 0) is 25.1 Å². The lowest BCUT2D eigenvalue weighted by molar-refractivity contribution is 0.105. The summed E-state index contributed by atoms with van der Waals surface area (Å²) in [4.78, 5) is 3.13. The van der Waals surface area contributed by atoms with E-state index in [0.29, 0.717) is 19.2 Å². The van der Waals surface area contributed by atoms with Crippen molar-refractivity contribution in [3.05, 3.63) is 30.5 Å². The molecule has 2 atom stereocenters. The molecular formula is C17H28N2O4. The molecule has 0 radical (unpaired) electrons. The third kappa shape index (κ3) is 7.47. The Labute approximate surface area is 137 Å². The van der Waals surface area contributed by atoms with Crippen LogP contribution in [-0.4, -0.2) is 58.3 Å². The molecule has 6 nitrogen and oxygen atoms in total. The fourth-order valence-corrected chi connectivity index (χ4v) is 1.80. The Morgan fingerprint density at radius 3 is 2.48 bits per heavy atom. The summed E-state index contributed by atoms with van der Waals surface area (Å²) in [7, 11) is 0. The van der Waals surface area contributed by atoms with Crippen LogP contribution in [0, 0.1) is 0 Å². The summed E-state index contributed by atoms with van der Waals surface area (Å²) in [6, 6.07) is 8.20. The van der Waals surface area contributed by atoms with Crippen molar-refractivity contribution in [3.63, 3.8) is 0 Å². The minimum atomic E-state index is -0.560. The Kier molecular flexibility index (Phi) is 8.65. The van der Waals surface area contributed by atoms with Crippen molar-refractivity contribution in [1.29, 1.82) is 0 Å². The number of fused-ring (bicyclic) bond motifs is 1. The summed E-state index contributed by atoms with van der Waals surface area (Å²) < 4.78 is 5.66. The molecule has 1 aromatic heterocycles. The molecule has 1 aromatic carbocycles. The van der Waals surface area contributed by atoms with E-state index in [4.69, 9.17) is 14.9 Å². The Balaban J connectivity index is 0.000000463. The molecule has 2 rings (SSSR count). The second kappa shape index (κ2) is 10.2. The molecule has 0 aliphatic carbocycles. The third-order valence-corrected chi connectivity index (χ3v) is 3.01. The van der Waals surface area contributed by atoms with Gasteiger partial charge in [0.2, 0.25) is 0 Å². The molecule has 130 valence electrons. The molecule has 0 saturated carbocycles. The van der Waals surface area contributed by atoms with E-state index in [2.05, 4.69) is 10.3 Å². The molecule has 0 bridgehead atoms.